The summed E-state index contributed by atoms with van der Waals surface area (Å²) in [5.74, 6) is 0.654. The van der Waals surface area contributed by atoms with Crippen molar-refractivity contribution in [3.8, 4) is 11.3 Å². The Bertz CT molecular complexity index is 891. The highest BCUT2D eigenvalue weighted by molar-refractivity contribution is 6.30. The first kappa shape index (κ1) is 19.1. The highest BCUT2D eigenvalue weighted by atomic mass is 35.5. The van der Waals surface area contributed by atoms with Crippen molar-refractivity contribution < 1.29 is 13.6 Å². The van der Waals surface area contributed by atoms with Gasteiger partial charge >= 0.3 is 0 Å². The number of hydrogen-bond donors (Lipinski definition) is 1. The molecule has 1 aromatic heterocycles. The van der Waals surface area contributed by atoms with E-state index >= 15 is 0 Å². The molecule has 1 atom stereocenters. The number of carbonyl (C=O) groups excluding carboxylic acids is 1. The lowest BCUT2D eigenvalue weighted by molar-refractivity contribution is -0.121. The molecular formula is C21H20ClFN2O2. The van der Waals surface area contributed by atoms with Crippen molar-refractivity contribution in [2.75, 3.05) is 0 Å². The smallest absolute Gasteiger partial charge is 0.220 e. The van der Waals surface area contributed by atoms with Gasteiger partial charge in [-0.1, -0.05) is 30.7 Å². The zero-order chi connectivity index (χ0) is 19.2. The predicted octanol–water partition coefficient (Wildman–Crippen LogP) is 5.33. The Morgan fingerprint density at radius 2 is 1.89 bits per heavy atom. The maximum atomic E-state index is 13.0. The summed E-state index contributed by atoms with van der Waals surface area (Å²) in [6.07, 6.45) is 3.03. The molecule has 4 nitrogen and oxygen atoms in total. The Hall–Kier alpha value is -2.66. The molecule has 140 valence electrons. The van der Waals surface area contributed by atoms with Crippen LogP contribution in [-0.4, -0.2) is 10.9 Å². The van der Waals surface area contributed by atoms with Gasteiger partial charge in [0, 0.05) is 23.4 Å². The van der Waals surface area contributed by atoms with E-state index in [0.717, 1.165) is 17.5 Å². The van der Waals surface area contributed by atoms with Gasteiger partial charge in [0.15, 0.2) is 11.7 Å². The largest absolute Gasteiger partial charge is 0.441 e. The normalized spacial score (nSPS) is 12.0. The summed E-state index contributed by atoms with van der Waals surface area (Å²) in [4.78, 5) is 16.5. The van der Waals surface area contributed by atoms with Crippen molar-refractivity contribution in [1.29, 1.82) is 0 Å². The van der Waals surface area contributed by atoms with Crippen LogP contribution in [0.3, 0.4) is 0 Å². The zero-order valence-corrected chi connectivity index (χ0v) is 15.7. The molecule has 3 aromatic rings. The van der Waals surface area contributed by atoms with Gasteiger partial charge in [-0.25, -0.2) is 9.37 Å². The molecule has 0 saturated heterocycles. The molecule has 0 fully saturated rings. The Balaban J connectivity index is 1.55. The quantitative estimate of drug-likeness (QED) is 0.596. The van der Waals surface area contributed by atoms with Crippen molar-refractivity contribution >= 4 is 17.5 Å². The summed E-state index contributed by atoms with van der Waals surface area (Å²) in [5, 5.41) is 3.69. The molecule has 1 N–H and O–H groups in total. The molecule has 1 heterocycles. The molecule has 6 heteroatoms. The van der Waals surface area contributed by atoms with Gasteiger partial charge < -0.3 is 9.73 Å². The van der Waals surface area contributed by atoms with Crippen LogP contribution in [0, 0.1) is 5.82 Å². The SMILES string of the molecule is CCC(NC(=O)CCc1ncc(-c2ccc(F)cc2)o1)c1ccc(Cl)cc1. The Morgan fingerprint density at radius 1 is 1.19 bits per heavy atom. The number of nitrogens with zero attached hydrogens (tertiary/aromatic N) is 1. The highest BCUT2D eigenvalue weighted by Gasteiger charge is 2.14. The molecule has 0 radical (unpaired) electrons. The lowest BCUT2D eigenvalue weighted by Gasteiger charge is -2.17. The number of amides is 1. The number of hydrogen-bond acceptors (Lipinski definition) is 3. The fraction of sp³-hybridized carbons (Fsp3) is 0.238. The number of carbonyl (C=O) groups is 1. The second-order valence-electron chi connectivity index (χ2n) is 6.21. The van der Waals surface area contributed by atoms with Crippen LogP contribution < -0.4 is 5.32 Å². The van der Waals surface area contributed by atoms with E-state index in [2.05, 4.69) is 10.3 Å². The van der Waals surface area contributed by atoms with E-state index in [1.165, 1.54) is 12.1 Å². The second-order valence-corrected chi connectivity index (χ2v) is 6.64. The molecule has 0 bridgehead atoms. The summed E-state index contributed by atoms with van der Waals surface area (Å²) in [6, 6.07) is 13.4. The molecule has 0 aliphatic carbocycles. The summed E-state index contributed by atoms with van der Waals surface area (Å²) in [6.45, 7) is 2.02. The lowest BCUT2D eigenvalue weighted by atomic mass is 10.0. The van der Waals surface area contributed by atoms with E-state index < -0.39 is 0 Å². The van der Waals surface area contributed by atoms with Gasteiger partial charge in [0.25, 0.3) is 0 Å². The number of aryl methyl sites for hydroxylation is 1. The molecule has 3 rings (SSSR count). The van der Waals surface area contributed by atoms with Gasteiger partial charge in [0.2, 0.25) is 5.91 Å². The number of oxazole rings is 1. The van der Waals surface area contributed by atoms with Gasteiger partial charge in [-0.05, 0) is 48.4 Å². The van der Waals surface area contributed by atoms with Crippen LogP contribution in [0.1, 0.15) is 37.3 Å². The molecule has 1 amide bonds. The van der Waals surface area contributed by atoms with E-state index in [1.807, 2.05) is 31.2 Å². The van der Waals surface area contributed by atoms with Crippen molar-refractivity contribution in [1.82, 2.24) is 10.3 Å². The highest BCUT2D eigenvalue weighted by Crippen LogP contribution is 2.22. The topological polar surface area (TPSA) is 55.1 Å². The molecule has 0 spiro atoms. The monoisotopic (exact) mass is 386 g/mol. The molecular weight excluding hydrogens is 367 g/mol. The number of nitrogens with one attached hydrogen (secondary N) is 1. The summed E-state index contributed by atoms with van der Waals surface area (Å²) in [5.41, 5.74) is 1.76. The molecule has 2 aromatic carbocycles. The third-order valence-corrected chi connectivity index (χ3v) is 4.52. The van der Waals surface area contributed by atoms with Gasteiger partial charge in [-0.3, -0.25) is 4.79 Å². The molecule has 0 saturated carbocycles. The minimum Gasteiger partial charge on any atom is -0.441 e. The van der Waals surface area contributed by atoms with Crippen LogP contribution in [0.2, 0.25) is 5.02 Å². The third-order valence-electron chi connectivity index (χ3n) is 4.26. The molecule has 1 unspecified atom stereocenters. The van der Waals surface area contributed by atoms with Crippen LogP contribution in [0.25, 0.3) is 11.3 Å². The number of rotatable bonds is 7. The second kappa shape index (κ2) is 8.82. The van der Waals surface area contributed by atoms with Crippen LogP contribution in [0.15, 0.2) is 59.1 Å². The lowest BCUT2D eigenvalue weighted by Crippen LogP contribution is -2.28. The minimum absolute atomic E-state index is 0.0610. The van der Waals surface area contributed by atoms with Crippen molar-refractivity contribution in [3.05, 3.63) is 77.0 Å². The van der Waals surface area contributed by atoms with E-state index in [-0.39, 0.29) is 24.2 Å². The van der Waals surface area contributed by atoms with E-state index in [4.69, 9.17) is 16.0 Å². The molecule has 0 aliphatic heterocycles. The van der Waals surface area contributed by atoms with Crippen LogP contribution in [0.5, 0.6) is 0 Å². The fourth-order valence-electron chi connectivity index (χ4n) is 2.78. The molecule has 27 heavy (non-hydrogen) atoms. The first-order valence-corrected chi connectivity index (χ1v) is 9.18. The fourth-order valence-corrected chi connectivity index (χ4v) is 2.90. The third kappa shape index (κ3) is 5.17. The van der Waals surface area contributed by atoms with Crippen LogP contribution in [-0.2, 0) is 11.2 Å². The van der Waals surface area contributed by atoms with Crippen molar-refractivity contribution in [2.24, 2.45) is 0 Å². The first-order valence-electron chi connectivity index (χ1n) is 8.80. The van der Waals surface area contributed by atoms with Gasteiger partial charge in [-0.2, -0.15) is 0 Å². The Labute approximate surface area is 162 Å². The number of halogens is 2. The van der Waals surface area contributed by atoms with E-state index in [1.54, 1.807) is 18.3 Å². The van der Waals surface area contributed by atoms with Gasteiger partial charge in [0.05, 0.1) is 12.2 Å². The van der Waals surface area contributed by atoms with Crippen LogP contribution >= 0.6 is 11.6 Å². The van der Waals surface area contributed by atoms with Gasteiger partial charge in [0.1, 0.15) is 5.82 Å². The zero-order valence-electron chi connectivity index (χ0n) is 14.9. The predicted molar refractivity (Wildman–Crippen MR) is 103 cm³/mol. The van der Waals surface area contributed by atoms with E-state index in [9.17, 15) is 9.18 Å². The Kier molecular flexibility index (Phi) is 6.24. The van der Waals surface area contributed by atoms with Crippen LogP contribution in [0.4, 0.5) is 4.39 Å². The summed E-state index contributed by atoms with van der Waals surface area (Å²) >= 11 is 5.91. The Morgan fingerprint density at radius 3 is 2.56 bits per heavy atom. The molecule has 0 aliphatic rings. The van der Waals surface area contributed by atoms with Crippen molar-refractivity contribution in [2.45, 2.75) is 32.2 Å². The van der Waals surface area contributed by atoms with Gasteiger partial charge in [-0.15, -0.1) is 0 Å². The summed E-state index contributed by atoms with van der Waals surface area (Å²) < 4.78 is 18.7. The van der Waals surface area contributed by atoms with Crippen molar-refractivity contribution in [3.63, 3.8) is 0 Å². The average molecular weight is 387 g/mol. The number of aromatic nitrogens is 1. The maximum Gasteiger partial charge on any atom is 0.220 e. The van der Waals surface area contributed by atoms with E-state index in [0.29, 0.717) is 23.1 Å². The standard InChI is InChI=1S/C21H20ClFN2O2/c1-2-18(14-3-7-16(22)8-4-14)25-20(26)11-12-21-24-13-19(27-21)15-5-9-17(23)10-6-15/h3-10,13,18H,2,11-12H2,1H3,(H,25,26). The minimum atomic E-state index is -0.304. The number of benzene rings is 2. The average Bonchev–Trinajstić information content (AvgIpc) is 3.15. The maximum absolute atomic E-state index is 13.0. The first-order chi connectivity index (χ1) is 13.0. The summed E-state index contributed by atoms with van der Waals surface area (Å²) in [7, 11) is 0.